The molecule has 0 aliphatic rings. The van der Waals surface area contributed by atoms with Gasteiger partial charge in [0.25, 0.3) is 0 Å². The summed E-state index contributed by atoms with van der Waals surface area (Å²) in [6, 6.07) is 4.90. The quantitative estimate of drug-likeness (QED) is 0.815. The van der Waals surface area contributed by atoms with Gasteiger partial charge >= 0.3 is 6.11 Å². The largest absolute Gasteiger partial charge is 0.433 e. The van der Waals surface area contributed by atoms with Gasteiger partial charge in [0.2, 0.25) is 0 Å². The first-order valence-corrected chi connectivity index (χ1v) is 4.28. The van der Waals surface area contributed by atoms with Crippen LogP contribution >= 0.6 is 0 Å². The molecule has 1 aromatic rings. The summed E-state index contributed by atoms with van der Waals surface area (Å²) in [4.78, 5) is 0. The van der Waals surface area contributed by atoms with Gasteiger partial charge in [-0.1, -0.05) is 6.07 Å². The van der Waals surface area contributed by atoms with Gasteiger partial charge in [0, 0.05) is 13.5 Å². The second-order valence-corrected chi connectivity index (χ2v) is 3.27. The van der Waals surface area contributed by atoms with Crippen LogP contribution in [0.1, 0.15) is 18.1 Å². The summed E-state index contributed by atoms with van der Waals surface area (Å²) < 4.78 is 29.5. The molecule has 0 bridgehead atoms. The lowest BCUT2D eigenvalue weighted by Gasteiger charge is -2.14. The Morgan fingerprint density at radius 3 is 2.50 bits per heavy atom. The van der Waals surface area contributed by atoms with Gasteiger partial charge in [0.15, 0.2) is 0 Å². The molecule has 0 heterocycles. The minimum Gasteiger partial charge on any atom is -0.433 e. The number of aryl methyl sites for hydroxylation is 1. The molecule has 0 saturated carbocycles. The van der Waals surface area contributed by atoms with Gasteiger partial charge in [0.1, 0.15) is 5.75 Å². The maximum absolute atomic E-state index is 12.5. The van der Waals surface area contributed by atoms with Gasteiger partial charge in [-0.25, -0.2) is 0 Å². The molecule has 2 N–H and O–H groups in total. The van der Waals surface area contributed by atoms with E-state index in [9.17, 15) is 8.78 Å². The lowest BCUT2D eigenvalue weighted by molar-refractivity contribution is -0.159. The summed E-state index contributed by atoms with van der Waals surface area (Å²) in [5.41, 5.74) is 7.04. The topological polar surface area (TPSA) is 35.2 Å². The SMILES string of the molecule is Cc1cc(CN)cc(OC(C)(F)F)c1. The Bertz CT molecular complexity index is 320. The fourth-order valence-electron chi connectivity index (χ4n) is 1.21. The molecule has 1 rings (SSSR count). The van der Waals surface area contributed by atoms with E-state index in [2.05, 4.69) is 4.74 Å². The summed E-state index contributed by atoms with van der Waals surface area (Å²) in [6.07, 6.45) is -3.15. The van der Waals surface area contributed by atoms with E-state index in [0.29, 0.717) is 13.5 Å². The number of rotatable bonds is 3. The van der Waals surface area contributed by atoms with Crippen LogP contribution < -0.4 is 10.5 Å². The molecule has 0 fully saturated rings. The predicted octanol–water partition coefficient (Wildman–Crippen LogP) is 2.45. The van der Waals surface area contributed by atoms with Crippen molar-refractivity contribution in [2.24, 2.45) is 5.73 Å². The summed E-state index contributed by atoms with van der Waals surface area (Å²) in [5.74, 6) is 0.151. The van der Waals surface area contributed by atoms with Crippen molar-refractivity contribution >= 4 is 0 Å². The first kappa shape index (κ1) is 10.9. The third kappa shape index (κ3) is 3.30. The highest BCUT2D eigenvalue weighted by molar-refractivity contribution is 5.33. The minimum atomic E-state index is -3.15. The highest BCUT2D eigenvalue weighted by Crippen LogP contribution is 2.23. The van der Waals surface area contributed by atoms with E-state index in [1.165, 1.54) is 6.07 Å². The summed E-state index contributed by atoms with van der Waals surface area (Å²) in [5, 5.41) is 0. The summed E-state index contributed by atoms with van der Waals surface area (Å²) >= 11 is 0. The van der Waals surface area contributed by atoms with Crippen LogP contribution in [0.25, 0.3) is 0 Å². The molecule has 0 atom stereocenters. The Labute approximate surface area is 81.7 Å². The van der Waals surface area contributed by atoms with E-state index in [-0.39, 0.29) is 5.75 Å². The average molecular weight is 201 g/mol. The molecular formula is C10H13F2NO. The predicted molar refractivity (Wildman–Crippen MR) is 50.3 cm³/mol. The number of ether oxygens (including phenoxy) is 1. The number of hydrogen-bond acceptors (Lipinski definition) is 2. The maximum atomic E-state index is 12.5. The number of benzene rings is 1. The molecule has 0 aliphatic carbocycles. The van der Waals surface area contributed by atoms with E-state index in [4.69, 9.17) is 5.73 Å². The fraction of sp³-hybridized carbons (Fsp3) is 0.400. The Balaban J connectivity index is 2.92. The molecule has 0 radical (unpaired) electrons. The monoisotopic (exact) mass is 201 g/mol. The summed E-state index contributed by atoms with van der Waals surface area (Å²) in [6.45, 7) is 2.82. The molecule has 0 amide bonds. The average Bonchev–Trinajstić information content (AvgIpc) is 1.99. The van der Waals surface area contributed by atoms with Crippen LogP contribution in [0.4, 0.5) is 8.78 Å². The number of nitrogens with two attached hydrogens (primary N) is 1. The molecule has 14 heavy (non-hydrogen) atoms. The molecule has 78 valence electrons. The molecule has 1 aromatic carbocycles. The van der Waals surface area contributed by atoms with Crippen LogP contribution in [-0.4, -0.2) is 6.11 Å². The van der Waals surface area contributed by atoms with E-state index in [0.717, 1.165) is 11.1 Å². The van der Waals surface area contributed by atoms with E-state index < -0.39 is 6.11 Å². The lowest BCUT2D eigenvalue weighted by atomic mass is 10.1. The van der Waals surface area contributed by atoms with Crippen molar-refractivity contribution < 1.29 is 13.5 Å². The first-order chi connectivity index (χ1) is 6.40. The lowest BCUT2D eigenvalue weighted by Crippen LogP contribution is -2.19. The minimum absolute atomic E-state index is 0.151. The zero-order valence-corrected chi connectivity index (χ0v) is 8.18. The normalized spacial score (nSPS) is 11.5. The van der Waals surface area contributed by atoms with E-state index in [1.54, 1.807) is 13.0 Å². The smallest absolute Gasteiger partial charge is 0.394 e. The van der Waals surface area contributed by atoms with Gasteiger partial charge in [0.05, 0.1) is 0 Å². The summed E-state index contributed by atoms with van der Waals surface area (Å²) in [7, 11) is 0. The molecule has 0 aromatic heterocycles. The van der Waals surface area contributed by atoms with Crippen molar-refractivity contribution in [2.75, 3.05) is 0 Å². The van der Waals surface area contributed by atoms with Gasteiger partial charge < -0.3 is 10.5 Å². The van der Waals surface area contributed by atoms with Crippen LogP contribution in [0.5, 0.6) is 5.75 Å². The van der Waals surface area contributed by atoms with Crippen molar-refractivity contribution in [1.82, 2.24) is 0 Å². The Morgan fingerprint density at radius 2 is 2.00 bits per heavy atom. The van der Waals surface area contributed by atoms with Crippen LogP contribution in [0.15, 0.2) is 18.2 Å². The van der Waals surface area contributed by atoms with Crippen LogP contribution in [-0.2, 0) is 6.54 Å². The third-order valence-electron chi connectivity index (χ3n) is 1.64. The molecule has 4 heteroatoms. The fourth-order valence-corrected chi connectivity index (χ4v) is 1.21. The van der Waals surface area contributed by atoms with Crippen LogP contribution in [0, 0.1) is 6.92 Å². The van der Waals surface area contributed by atoms with Crippen molar-refractivity contribution in [3.63, 3.8) is 0 Å². The third-order valence-corrected chi connectivity index (χ3v) is 1.64. The number of hydrogen-bond donors (Lipinski definition) is 1. The second-order valence-electron chi connectivity index (χ2n) is 3.27. The number of halogens is 2. The zero-order chi connectivity index (χ0) is 10.8. The molecule has 0 spiro atoms. The Morgan fingerprint density at radius 1 is 1.36 bits per heavy atom. The van der Waals surface area contributed by atoms with Crippen LogP contribution in [0.3, 0.4) is 0 Å². The van der Waals surface area contributed by atoms with Gasteiger partial charge in [-0.2, -0.15) is 8.78 Å². The van der Waals surface area contributed by atoms with Gasteiger partial charge in [-0.05, 0) is 30.2 Å². The Hall–Kier alpha value is -1.16. The molecule has 0 unspecified atom stereocenters. The number of alkyl halides is 2. The molecular weight excluding hydrogens is 188 g/mol. The highest BCUT2D eigenvalue weighted by Gasteiger charge is 2.23. The molecule has 2 nitrogen and oxygen atoms in total. The molecule has 0 saturated heterocycles. The first-order valence-electron chi connectivity index (χ1n) is 4.28. The van der Waals surface area contributed by atoms with E-state index >= 15 is 0 Å². The highest BCUT2D eigenvalue weighted by atomic mass is 19.3. The Kier molecular flexibility index (Phi) is 3.06. The standard InChI is InChI=1S/C10H13F2NO/c1-7-3-8(6-13)5-9(4-7)14-10(2,11)12/h3-5H,6,13H2,1-2H3. The van der Waals surface area contributed by atoms with Crippen molar-refractivity contribution in [2.45, 2.75) is 26.5 Å². The van der Waals surface area contributed by atoms with Crippen molar-refractivity contribution in [1.29, 1.82) is 0 Å². The van der Waals surface area contributed by atoms with Crippen molar-refractivity contribution in [3.8, 4) is 5.75 Å². The molecule has 0 aliphatic heterocycles. The van der Waals surface area contributed by atoms with Gasteiger partial charge in [-0.3, -0.25) is 0 Å². The van der Waals surface area contributed by atoms with E-state index in [1.807, 2.05) is 6.07 Å². The maximum Gasteiger partial charge on any atom is 0.394 e. The van der Waals surface area contributed by atoms with Gasteiger partial charge in [-0.15, -0.1) is 0 Å². The van der Waals surface area contributed by atoms with Crippen molar-refractivity contribution in [3.05, 3.63) is 29.3 Å². The zero-order valence-electron chi connectivity index (χ0n) is 8.18. The second kappa shape index (κ2) is 3.92. The van der Waals surface area contributed by atoms with Crippen LogP contribution in [0.2, 0.25) is 0 Å².